The van der Waals surface area contributed by atoms with Crippen LogP contribution in [0.15, 0.2) is 6.20 Å². The summed E-state index contributed by atoms with van der Waals surface area (Å²) >= 11 is 0. The summed E-state index contributed by atoms with van der Waals surface area (Å²) in [6, 6.07) is -0.547. The predicted molar refractivity (Wildman–Crippen MR) is 66.8 cm³/mol. The monoisotopic (exact) mass is 255 g/mol. The molecule has 1 heterocycles. The van der Waals surface area contributed by atoms with Crippen LogP contribution in [0.25, 0.3) is 0 Å². The molecule has 1 amide bonds. The SMILES string of the molecule is CCC(N)c1cn(C(C)C(=O)NCCOC)nn1. The van der Waals surface area contributed by atoms with Gasteiger partial charge in [-0.3, -0.25) is 4.79 Å². The van der Waals surface area contributed by atoms with Crippen molar-refractivity contribution in [2.24, 2.45) is 5.73 Å². The van der Waals surface area contributed by atoms with Crippen LogP contribution in [0.2, 0.25) is 0 Å². The van der Waals surface area contributed by atoms with E-state index >= 15 is 0 Å². The number of aromatic nitrogens is 3. The van der Waals surface area contributed by atoms with E-state index in [-0.39, 0.29) is 11.9 Å². The Labute approximate surface area is 107 Å². The minimum absolute atomic E-state index is 0.117. The van der Waals surface area contributed by atoms with E-state index in [9.17, 15) is 4.79 Å². The third kappa shape index (κ3) is 3.78. The Morgan fingerprint density at radius 2 is 2.39 bits per heavy atom. The number of rotatable bonds is 7. The van der Waals surface area contributed by atoms with Gasteiger partial charge in [0.05, 0.1) is 24.5 Å². The summed E-state index contributed by atoms with van der Waals surface area (Å²) in [5.41, 5.74) is 6.55. The molecule has 0 aliphatic heterocycles. The first kappa shape index (κ1) is 14.6. The molecule has 7 nitrogen and oxygen atoms in total. The second-order valence-electron chi connectivity index (χ2n) is 4.10. The standard InChI is InChI=1S/C11H21N5O2/c1-4-9(12)10-7-16(15-14-10)8(2)11(17)13-5-6-18-3/h7-9H,4-6,12H2,1-3H3,(H,13,17). The van der Waals surface area contributed by atoms with E-state index in [1.807, 2.05) is 6.92 Å². The number of nitrogens with one attached hydrogen (secondary N) is 1. The molecule has 102 valence electrons. The van der Waals surface area contributed by atoms with Crippen LogP contribution in [-0.4, -0.2) is 41.2 Å². The van der Waals surface area contributed by atoms with Crippen molar-refractivity contribution in [1.82, 2.24) is 20.3 Å². The maximum atomic E-state index is 11.8. The van der Waals surface area contributed by atoms with Crippen molar-refractivity contribution in [3.05, 3.63) is 11.9 Å². The maximum absolute atomic E-state index is 11.8. The summed E-state index contributed by atoms with van der Waals surface area (Å²) in [6.07, 6.45) is 2.50. The zero-order valence-corrected chi connectivity index (χ0v) is 11.1. The fourth-order valence-corrected chi connectivity index (χ4v) is 1.40. The molecule has 1 aromatic heterocycles. The number of hydrogen-bond acceptors (Lipinski definition) is 5. The van der Waals surface area contributed by atoms with E-state index in [1.54, 1.807) is 20.2 Å². The van der Waals surface area contributed by atoms with Crippen molar-refractivity contribution >= 4 is 5.91 Å². The molecule has 0 aliphatic rings. The van der Waals surface area contributed by atoms with E-state index in [0.717, 1.165) is 6.42 Å². The summed E-state index contributed by atoms with van der Waals surface area (Å²) < 4.78 is 6.38. The third-order valence-corrected chi connectivity index (χ3v) is 2.73. The van der Waals surface area contributed by atoms with Gasteiger partial charge in [0.1, 0.15) is 6.04 Å². The highest BCUT2D eigenvalue weighted by Gasteiger charge is 2.17. The molecule has 1 rings (SSSR count). The molecule has 7 heteroatoms. The lowest BCUT2D eigenvalue weighted by atomic mass is 10.2. The molecule has 1 aromatic rings. The van der Waals surface area contributed by atoms with E-state index in [0.29, 0.717) is 18.8 Å². The molecule has 0 fully saturated rings. The summed E-state index contributed by atoms with van der Waals surface area (Å²) in [4.78, 5) is 11.8. The smallest absolute Gasteiger partial charge is 0.244 e. The average molecular weight is 255 g/mol. The van der Waals surface area contributed by atoms with Crippen LogP contribution < -0.4 is 11.1 Å². The minimum Gasteiger partial charge on any atom is -0.383 e. The average Bonchev–Trinajstić information content (AvgIpc) is 2.86. The van der Waals surface area contributed by atoms with Crippen LogP contribution >= 0.6 is 0 Å². The zero-order valence-electron chi connectivity index (χ0n) is 11.1. The first-order valence-corrected chi connectivity index (χ1v) is 6.04. The number of nitrogens with two attached hydrogens (primary N) is 1. The van der Waals surface area contributed by atoms with Crippen LogP contribution in [0.1, 0.15) is 38.0 Å². The first-order chi connectivity index (χ1) is 8.60. The van der Waals surface area contributed by atoms with Crippen LogP contribution in [0.3, 0.4) is 0 Å². The van der Waals surface area contributed by atoms with Crippen molar-refractivity contribution in [3.8, 4) is 0 Å². The van der Waals surface area contributed by atoms with Gasteiger partial charge in [0.15, 0.2) is 0 Å². The lowest BCUT2D eigenvalue weighted by Crippen LogP contribution is -2.33. The van der Waals surface area contributed by atoms with Gasteiger partial charge < -0.3 is 15.8 Å². The topological polar surface area (TPSA) is 95.1 Å². The second-order valence-corrected chi connectivity index (χ2v) is 4.10. The van der Waals surface area contributed by atoms with Crippen LogP contribution in [0.4, 0.5) is 0 Å². The molecular formula is C11H21N5O2. The lowest BCUT2D eigenvalue weighted by molar-refractivity contribution is -0.124. The molecule has 0 radical (unpaired) electrons. The zero-order chi connectivity index (χ0) is 13.5. The fraction of sp³-hybridized carbons (Fsp3) is 0.727. The lowest BCUT2D eigenvalue weighted by Gasteiger charge is -2.11. The summed E-state index contributed by atoms with van der Waals surface area (Å²) in [6.45, 7) is 4.71. The van der Waals surface area contributed by atoms with Gasteiger partial charge >= 0.3 is 0 Å². The van der Waals surface area contributed by atoms with Crippen LogP contribution in [0, 0.1) is 0 Å². The largest absolute Gasteiger partial charge is 0.383 e. The molecule has 0 saturated heterocycles. The van der Waals surface area contributed by atoms with Crippen molar-refractivity contribution in [1.29, 1.82) is 0 Å². The Morgan fingerprint density at radius 1 is 1.67 bits per heavy atom. The number of carbonyl (C=O) groups is 1. The highest BCUT2D eigenvalue weighted by atomic mass is 16.5. The Kier molecular flexibility index (Phi) is 5.73. The Bertz CT molecular complexity index is 379. The van der Waals surface area contributed by atoms with Gasteiger partial charge in [0.2, 0.25) is 5.91 Å². The number of carbonyl (C=O) groups excluding carboxylic acids is 1. The van der Waals surface area contributed by atoms with Crippen molar-refractivity contribution in [2.45, 2.75) is 32.4 Å². The molecule has 0 spiro atoms. The quantitative estimate of drug-likeness (QED) is 0.669. The fourth-order valence-electron chi connectivity index (χ4n) is 1.40. The van der Waals surface area contributed by atoms with Gasteiger partial charge in [0.25, 0.3) is 0 Å². The molecule has 18 heavy (non-hydrogen) atoms. The Hall–Kier alpha value is -1.47. The van der Waals surface area contributed by atoms with Crippen LogP contribution in [-0.2, 0) is 9.53 Å². The second kappa shape index (κ2) is 7.07. The molecule has 0 aromatic carbocycles. The maximum Gasteiger partial charge on any atom is 0.244 e. The summed E-state index contributed by atoms with van der Waals surface area (Å²) in [7, 11) is 1.59. The van der Waals surface area contributed by atoms with Gasteiger partial charge in [-0.15, -0.1) is 5.10 Å². The summed E-state index contributed by atoms with van der Waals surface area (Å²) in [5, 5.41) is 10.6. The number of nitrogens with zero attached hydrogens (tertiary/aromatic N) is 3. The molecular weight excluding hydrogens is 234 g/mol. The van der Waals surface area contributed by atoms with Gasteiger partial charge in [-0.1, -0.05) is 12.1 Å². The van der Waals surface area contributed by atoms with E-state index < -0.39 is 6.04 Å². The summed E-state index contributed by atoms with van der Waals surface area (Å²) in [5.74, 6) is -0.117. The highest BCUT2D eigenvalue weighted by Crippen LogP contribution is 2.12. The number of amides is 1. The molecule has 2 unspecified atom stereocenters. The van der Waals surface area contributed by atoms with Gasteiger partial charge in [-0.2, -0.15) is 0 Å². The molecule has 0 bridgehead atoms. The van der Waals surface area contributed by atoms with Crippen molar-refractivity contribution in [3.63, 3.8) is 0 Å². The van der Waals surface area contributed by atoms with Gasteiger partial charge in [-0.05, 0) is 13.3 Å². The van der Waals surface area contributed by atoms with Crippen molar-refractivity contribution in [2.75, 3.05) is 20.3 Å². The normalized spacial score (nSPS) is 14.2. The van der Waals surface area contributed by atoms with Gasteiger partial charge in [-0.25, -0.2) is 4.68 Å². The molecule has 2 atom stereocenters. The molecule has 3 N–H and O–H groups in total. The van der Waals surface area contributed by atoms with E-state index in [4.69, 9.17) is 10.5 Å². The highest BCUT2D eigenvalue weighted by molar-refractivity contribution is 5.79. The van der Waals surface area contributed by atoms with Crippen LogP contribution in [0.5, 0.6) is 0 Å². The number of methoxy groups -OCH3 is 1. The molecule has 0 saturated carbocycles. The van der Waals surface area contributed by atoms with Gasteiger partial charge in [0, 0.05) is 13.7 Å². The van der Waals surface area contributed by atoms with E-state index in [2.05, 4.69) is 15.6 Å². The Morgan fingerprint density at radius 3 is 3.00 bits per heavy atom. The predicted octanol–water partition coefficient (Wildman–Crippen LogP) is 0.0115. The third-order valence-electron chi connectivity index (χ3n) is 2.73. The minimum atomic E-state index is -0.410. The molecule has 0 aliphatic carbocycles. The Balaban J connectivity index is 2.57. The van der Waals surface area contributed by atoms with Crippen molar-refractivity contribution < 1.29 is 9.53 Å². The van der Waals surface area contributed by atoms with E-state index in [1.165, 1.54) is 4.68 Å². The number of hydrogen-bond donors (Lipinski definition) is 2. The first-order valence-electron chi connectivity index (χ1n) is 6.04. The number of ether oxygens (including phenoxy) is 1.